The summed E-state index contributed by atoms with van der Waals surface area (Å²) in [6.45, 7) is 5.56. The fourth-order valence-corrected chi connectivity index (χ4v) is 1.22. The van der Waals surface area contributed by atoms with Gasteiger partial charge in [-0.15, -0.1) is 0 Å². The summed E-state index contributed by atoms with van der Waals surface area (Å²) in [6, 6.07) is 0. The minimum absolute atomic E-state index is 0.0148. The van der Waals surface area contributed by atoms with Gasteiger partial charge in [0.25, 0.3) is 0 Å². The van der Waals surface area contributed by atoms with Crippen molar-refractivity contribution in [3.63, 3.8) is 0 Å². The van der Waals surface area contributed by atoms with E-state index in [0.29, 0.717) is 10.6 Å². The summed E-state index contributed by atoms with van der Waals surface area (Å²) in [5, 5.41) is 0.548. The first kappa shape index (κ1) is 10.2. The van der Waals surface area contributed by atoms with Crippen molar-refractivity contribution in [3.05, 3.63) is 28.5 Å². The molecule has 0 saturated carbocycles. The zero-order valence-electron chi connectivity index (χ0n) is 7.97. The molecule has 1 heterocycles. The summed E-state index contributed by atoms with van der Waals surface area (Å²) < 4.78 is 0. The fourth-order valence-electron chi connectivity index (χ4n) is 1.06. The van der Waals surface area contributed by atoms with Crippen LogP contribution in [0.25, 0.3) is 0 Å². The van der Waals surface area contributed by atoms with Gasteiger partial charge < -0.3 is 0 Å². The summed E-state index contributed by atoms with van der Waals surface area (Å²) >= 11 is 5.85. The normalized spacial score (nSPS) is 10.5. The molecule has 0 unspecified atom stereocenters. The summed E-state index contributed by atoms with van der Waals surface area (Å²) in [4.78, 5) is 15.5. The van der Waals surface area contributed by atoms with E-state index in [1.165, 1.54) is 0 Å². The van der Waals surface area contributed by atoms with Gasteiger partial charge in [-0.25, -0.2) is 0 Å². The van der Waals surface area contributed by atoms with Gasteiger partial charge in [-0.3, -0.25) is 9.78 Å². The lowest BCUT2D eigenvalue weighted by molar-refractivity contribution is 0.0938. The number of carbonyl (C=O) groups is 1. The number of Topliss-reactive ketones (excluding diaryl/α,β-unsaturated/α-hetero) is 1. The van der Waals surface area contributed by atoms with E-state index in [-0.39, 0.29) is 11.7 Å². The number of hydrogen-bond donors (Lipinski definition) is 0. The molecule has 0 aliphatic heterocycles. The van der Waals surface area contributed by atoms with Crippen molar-refractivity contribution in [1.82, 2.24) is 4.98 Å². The monoisotopic (exact) mass is 197 g/mol. The molecule has 0 bridgehead atoms. The Balaban J connectivity index is 3.15. The standard InChI is InChI=1S/C10H12ClNO/c1-6(2)10(13)8-4-12-5-9(11)7(8)3/h4-6H,1-3H3. The molecule has 2 nitrogen and oxygen atoms in total. The van der Waals surface area contributed by atoms with E-state index in [9.17, 15) is 4.79 Å². The minimum Gasteiger partial charge on any atom is -0.294 e. The number of rotatable bonds is 2. The lowest BCUT2D eigenvalue weighted by Crippen LogP contribution is -2.09. The van der Waals surface area contributed by atoms with Crippen molar-refractivity contribution in [2.45, 2.75) is 20.8 Å². The third-order valence-corrected chi connectivity index (χ3v) is 2.32. The molecule has 1 aromatic rings. The number of hydrogen-bond acceptors (Lipinski definition) is 2. The Morgan fingerprint density at radius 1 is 1.46 bits per heavy atom. The van der Waals surface area contributed by atoms with E-state index in [4.69, 9.17) is 11.6 Å². The molecule has 1 aromatic heterocycles. The topological polar surface area (TPSA) is 30.0 Å². The van der Waals surface area contributed by atoms with Crippen LogP contribution in [0.4, 0.5) is 0 Å². The molecule has 70 valence electrons. The van der Waals surface area contributed by atoms with E-state index in [1.807, 2.05) is 20.8 Å². The van der Waals surface area contributed by atoms with Crippen LogP contribution in [-0.2, 0) is 0 Å². The Bertz CT molecular complexity index is 334. The first-order valence-corrected chi connectivity index (χ1v) is 4.56. The largest absolute Gasteiger partial charge is 0.294 e. The van der Waals surface area contributed by atoms with Gasteiger partial charge in [0, 0.05) is 23.9 Å². The zero-order chi connectivity index (χ0) is 10.0. The third-order valence-electron chi connectivity index (χ3n) is 1.94. The predicted octanol–water partition coefficient (Wildman–Crippen LogP) is 2.88. The highest BCUT2D eigenvalue weighted by atomic mass is 35.5. The van der Waals surface area contributed by atoms with Crippen molar-refractivity contribution < 1.29 is 4.79 Å². The minimum atomic E-state index is -0.0148. The van der Waals surface area contributed by atoms with Crippen LogP contribution in [0, 0.1) is 12.8 Å². The van der Waals surface area contributed by atoms with Crippen LogP contribution in [0.2, 0.25) is 5.02 Å². The molecular formula is C10H12ClNO. The zero-order valence-corrected chi connectivity index (χ0v) is 8.72. The lowest BCUT2D eigenvalue weighted by atomic mass is 9.99. The van der Waals surface area contributed by atoms with Crippen LogP contribution < -0.4 is 0 Å². The second-order valence-electron chi connectivity index (χ2n) is 3.31. The van der Waals surface area contributed by atoms with Gasteiger partial charge in [-0.05, 0) is 12.5 Å². The second-order valence-corrected chi connectivity index (χ2v) is 3.72. The first-order chi connectivity index (χ1) is 6.04. The van der Waals surface area contributed by atoms with Gasteiger partial charge in [0.1, 0.15) is 0 Å². The number of pyridine rings is 1. The van der Waals surface area contributed by atoms with Crippen LogP contribution in [0.3, 0.4) is 0 Å². The molecule has 1 rings (SSSR count). The van der Waals surface area contributed by atoms with Gasteiger partial charge in [0.2, 0.25) is 0 Å². The average molecular weight is 198 g/mol. The average Bonchev–Trinajstić information content (AvgIpc) is 2.08. The van der Waals surface area contributed by atoms with E-state index >= 15 is 0 Å². The van der Waals surface area contributed by atoms with E-state index in [1.54, 1.807) is 12.4 Å². The maximum atomic E-state index is 11.6. The third kappa shape index (κ3) is 2.07. The maximum Gasteiger partial charge on any atom is 0.167 e. The summed E-state index contributed by atoms with van der Waals surface area (Å²) in [7, 11) is 0. The Hall–Kier alpha value is -0.890. The summed E-state index contributed by atoms with van der Waals surface area (Å²) in [5.41, 5.74) is 1.44. The van der Waals surface area contributed by atoms with Crippen LogP contribution in [0.1, 0.15) is 29.8 Å². The molecule has 0 aliphatic carbocycles. The highest BCUT2D eigenvalue weighted by molar-refractivity contribution is 6.31. The van der Waals surface area contributed by atoms with Gasteiger partial charge in [-0.2, -0.15) is 0 Å². The predicted molar refractivity (Wildman–Crippen MR) is 53.2 cm³/mol. The Kier molecular flexibility index (Phi) is 3.04. The van der Waals surface area contributed by atoms with Crippen LogP contribution in [0.15, 0.2) is 12.4 Å². The number of nitrogens with zero attached hydrogens (tertiary/aromatic N) is 1. The second kappa shape index (κ2) is 3.88. The summed E-state index contributed by atoms with van der Waals surface area (Å²) in [5.74, 6) is 0.0754. The van der Waals surface area contributed by atoms with Crippen LogP contribution in [-0.4, -0.2) is 10.8 Å². The lowest BCUT2D eigenvalue weighted by Gasteiger charge is -2.07. The Morgan fingerprint density at radius 2 is 2.08 bits per heavy atom. The van der Waals surface area contributed by atoms with Crippen molar-refractivity contribution in [3.8, 4) is 0 Å². The van der Waals surface area contributed by atoms with E-state index in [2.05, 4.69) is 4.98 Å². The molecule has 0 amide bonds. The van der Waals surface area contributed by atoms with Crippen molar-refractivity contribution in [2.24, 2.45) is 5.92 Å². The molecule has 0 spiro atoms. The number of carbonyl (C=O) groups excluding carboxylic acids is 1. The van der Waals surface area contributed by atoms with Gasteiger partial charge in [0.05, 0.1) is 5.02 Å². The van der Waals surface area contributed by atoms with Gasteiger partial charge in [0.15, 0.2) is 5.78 Å². The van der Waals surface area contributed by atoms with Crippen LogP contribution in [0.5, 0.6) is 0 Å². The maximum absolute atomic E-state index is 11.6. The Morgan fingerprint density at radius 3 is 2.62 bits per heavy atom. The summed E-state index contributed by atoms with van der Waals surface area (Å²) in [6.07, 6.45) is 3.12. The molecule has 0 radical (unpaired) electrons. The van der Waals surface area contributed by atoms with Crippen molar-refractivity contribution in [2.75, 3.05) is 0 Å². The van der Waals surface area contributed by atoms with Crippen molar-refractivity contribution >= 4 is 17.4 Å². The van der Waals surface area contributed by atoms with Crippen molar-refractivity contribution in [1.29, 1.82) is 0 Å². The number of halogens is 1. The SMILES string of the molecule is Cc1c(Cl)cncc1C(=O)C(C)C. The van der Waals surface area contributed by atoms with E-state index in [0.717, 1.165) is 5.56 Å². The molecule has 0 aliphatic rings. The van der Waals surface area contributed by atoms with Gasteiger partial charge in [-0.1, -0.05) is 25.4 Å². The molecule has 0 saturated heterocycles. The molecule has 0 N–H and O–H groups in total. The molecule has 3 heteroatoms. The first-order valence-electron chi connectivity index (χ1n) is 4.18. The molecular weight excluding hydrogens is 186 g/mol. The fraction of sp³-hybridized carbons (Fsp3) is 0.400. The molecule has 0 fully saturated rings. The van der Waals surface area contributed by atoms with Gasteiger partial charge >= 0.3 is 0 Å². The Labute approximate surface area is 82.9 Å². The number of aromatic nitrogens is 1. The molecule has 0 aromatic carbocycles. The molecule has 0 atom stereocenters. The highest BCUT2D eigenvalue weighted by Gasteiger charge is 2.14. The van der Waals surface area contributed by atoms with E-state index < -0.39 is 0 Å². The number of ketones is 1. The van der Waals surface area contributed by atoms with Crippen LogP contribution >= 0.6 is 11.6 Å². The smallest absolute Gasteiger partial charge is 0.167 e. The molecule has 13 heavy (non-hydrogen) atoms. The highest BCUT2D eigenvalue weighted by Crippen LogP contribution is 2.19. The quantitative estimate of drug-likeness (QED) is 0.683.